The van der Waals surface area contributed by atoms with Gasteiger partial charge in [0.15, 0.2) is 0 Å². The van der Waals surface area contributed by atoms with Crippen molar-refractivity contribution < 1.29 is 14.7 Å². The molecule has 1 aromatic heterocycles. The summed E-state index contributed by atoms with van der Waals surface area (Å²) in [5.41, 5.74) is 2.06. The average Bonchev–Trinajstić information content (AvgIpc) is 2.90. The number of carbonyl (C=O) groups is 2. The molecule has 3 rings (SSSR count). The second-order valence-electron chi connectivity index (χ2n) is 6.64. The number of rotatable bonds is 3. The Morgan fingerprint density at radius 3 is 2.74 bits per heavy atom. The molecule has 2 N–H and O–H groups in total. The zero-order chi connectivity index (χ0) is 16.8. The smallest absolute Gasteiger partial charge is 0.326 e. The number of hydrogen-bond acceptors (Lipinski definition) is 2. The molecule has 122 valence electrons. The van der Waals surface area contributed by atoms with Crippen molar-refractivity contribution in [1.29, 1.82) is 0 Å². The van der Waals surface area contributed by atoms with Crippen LogP contribution in [0.5, 0.6) is 0 Å². The molecule has 1 atom stereocenters. The van der Waals surface area contributed by atoms with E-state index in [1.54, 1.807) is 13.8 Å². The predicted molar refractivity (Wildman–Crippen MR) is 88.5 cm³/mol. The van der Waals surface area contributed by atoms with Crippen LogP contribution in [0.4, 0.5) is 0 Å². The van der Waals surface area contributed by atoms with Gasteiger partial charge in [-0.2, -0.15) is 0 Å². The maximum Gasteiger partial charge on any atom is 0.326 e. The Bertz CT molecular complexity index is 781. The number of aliphatic carboxylic acids is 1. The lowest BCUT2D eigenvalue weighted by atomic mass is 9.90. The van der Waals surface area contributed by atoms with Crippen LogP contribution in [0.3, 0.4) is 0 Å². The Morgan fingerprint density at radius 1 is 1.39 bits per heavy atom. The summed E-state index contributed by atoms with van der Waals surface area (Å²) in [6.07, 6.45) is 0.304. The van der Waals surface area contributed by atoms with Crippen molar-refractivity contribution >= 4 is 34.4 Å². The topological polar surface area (TPSA) is 73.4 Å². The van der Waals surface area contributed by atoms with Crippen LogP contribution in [-0.2, 0) is 22.6 Å². The number of carbonyl (C=O) groups excluding carboxylic acids is 1. The second-order valence-corrected chi connectivity index (χ2v) is 6.90. The fourth-order valence-corrected chi connectivity index (χ4v) is 3.20. The number of carboxylic acids is 1. The highest BCUT2D eigenvalue weighted by atomic mass is 35.5. The van der Waals surface area contributed by atoms with Crippen molar-refractivity contribution in [3.63, 3.8) is 0 Å². The Labute approximate surface area is 139 Å². The van der Waals surface area contributed by atoms with E-state index in [0.717, 1.165) is 22.2 Å². The lowest BCUT2D eigenvalue weighted by Gasteiger charge is -2.37. The molecule has 1 aliphatic heterocycles. The Balaban J connectivity index is 2.05. The minimum atomic E-state index is -0.986. The molecule has 0 saturated carbocycles. The van der Waals surface area contributed by atoms with Crippen molar-refractivity contribution in [3.8, 4) is 0 Å². The fraction of sp³-hybridized carbons (Fsp3) is 0.412. The molecule has 0 bridgehead atoms. The number of aromatic nitrogens is 1. The molecule has 5 nitrogen and oxygen atoms in total. The summed E-state index contributed by atoms with van der Waals surface area (Å²) in [6, 6.07) is 6.93. The first-order valence-corrected chi connectivity index (χ1v) is 8.07. The quantitative estimate of drug-likeness (QED) is 0.848. The lowest BCUT2D eigenvalue weighted by Crippen LogP contribution is -2.53. The van der Waals surface area contributed by atoms with Gasteiger partial charge in [-0.15, -0.1) is 11.6 Å². The maximum absolute atomic E-state index is 12.8. The van der Waals surface area contributed by atoms with E-state index in [1.165, 1.54) is 4.90 Å². The largest absolute Gasteiger partial charge is 0.480 e. The van der Waals surface area contributed by atoms with Gasteiger partial charge in [-0.3, -0.25) is 4.79 Å². The summed E-state index contributed by atoms with van der Waals surface area (Å²) < 4.78 is 0. The minimum Gasteiger partial charge on any atom is -0.480 e. The molecule has 6 heteroatoms. The fourth-order valence-electron chi connectivity index (χ4n) is 3.09. The lowest BCUT2D eigenvalue weighted by molar-refractivity contribution is -0.155. The normalized spacial score (nSPS) is 18.0. The van der Waals surface area contributed by atoms with E-state index < -0.39 is 17.4 Å². The van der Waals surface area contributed by atoms with Crippen LogP contribution in [0.25, 0.3) is 10.9 Å². The number of aromatic amines is 1. The van der Waals surface area contributed by atoms with Crippen molar-refractivity contribution in [2.75, 3.05) is 5.88 Å². The van der Waals surface area contributed by atoms with Gasteiger partial charge < -0.3 is 15.0 Å². The number of amides is 1. The van der Waals surface area contributed by atoms with E-state index in [-0.39, 0.29) is 18.3 Å². The van der Waals surface area contributed by atoms with Crippen molar-refractivity contribution in [1.82, 2.24) is 9.88 Å². The third kappa shape index (κ3) is 2.59. The van der Waals surface area contributed by atoms with Gasteiger partial charge in [0.2, 0.25) is 5.91 Å². The highest BCUT2D eigenvalue weighted by Gasteiger charge is 2.41. The standard InChI is InChI=1S/C17H19ClN2O3/c1-17(2,9-18)16(23)20-8-13-11(7-14(20)15(21)22)10-5-3-4-6-12(10)19-13/h3-6,14,19H,7-9H2,1-2H3,(H,21,22). The molecule has 0 aliphatic carbocycles. The predicted octanol–water partition coefficient (Wildman–Crippen LogP) is 2.77. The molecule has 0 fully saturated rings. The monoisotopic (exact) mass is 334 g/mol. The number of alkyl halides is 1. The van der Waals surface area contributed by atoms with Gasteiger partial charge in [0.05, 0.1) is 12.0 Å². The summed E-state index contributed by atoms with van der Waals surface area (Å²) in [4.78, 5) is 29.2. The van der Waals surface area contributed by atoms with Crippen LogP contribution < -0.4 is 0 Å². The van der Waals surface area contributed by atoms with Crippen LogP contribution in [0, 0.1) is 5.41 Å². The molecule has 1 unspecified atom stereocenters. The highest BCUT2D eigenvalue weighted by Crippen LogP contribution is 2.33. The third-order valence-corrected chi connectivity index (χ3v) is 5.13. The highest BCUT2D eigenvalue weighted by molar-refractivity contribution is 6.19. The summed E-state index contributed by atoms with van der Waals surface area (Å²) in [6.45, 7) is 3.74. The molecule has 1 amide bonds. The Morgan fingerprint density at radius 2 is 2.09 bits per heavy atom. The van der Waals surface area contributed by atoms with Gasteiger partial charge in [0, 0.05) is 28.9 Å². The van der Waals surface area contributed by atoms with Crippen molar-refractivity contribution in [2.45, 2.75) is 32.9 Å². The van der Waals surface area contributed by atoms with E-state index in [1.807, 2.05) is 24.3 Å². The van der Waals surface area contributed by atoms with Crippen LogP contribution in [0.1, 0.15) is 25.1 Å². The average molecular weight is 335 g/mol. The van der Waals surface area contributed by atoms with E-state index >= 15 is 0 Å². The molecule has 2 aromatic rings. The first-order valence-electron chi connectivity index (χ1n) is 7.53. The molecule has 1 aromatic carbocycles. The van der Waals surface area contributed by atoms with Gasteiger partial charge >= 0.3 is 5.97 Å². The van der Waals surface area contributed by atoms with Gasteiger partial charge in [-0.25, -0.2) is 4.79 Å². The number of carboxylic acid groups (broad SMARTS) is 1. The number of benzene rings is 1. The number of nitrogens with one attached hydrogen (secondary N) is 1. The summed E-state index contributed by atoms with van der Waals surface area (Å²) in [7, 11) is 0. The molecule has 1 aliphatic rings. The zero-order valence-corrected chi connectivity index (χ0v) is 13.9. The molecule has 0 saturated heterocycles. The molecule has 0 spiro atoms. The number of para-hydroxylation sites is 1. The summed E-state index contributed by atoms with van der Waals surface area (Å²) >= 11 is 5.90. The van der Waals surface area contributed by atoms with Crippen LogP contribution in [-0.4, -0.2) is 38.8 Å². The van der Waals surface area contributed by atoms with E-state index in [9.17, 15) is 14.7 Å². The first kappa shape index (κ1) is 15.9. The molecule has 2 heterocycles. The maximum atomic E-state index is 12.8. The van der Waals surface area contributed by atoms with E-state index in [4.69, 9.17) is 11.6 Å². The molecule has 0 radical (unpaired) electrons. The van der Waals surface area contributed by atoms with E-state index in [0.29, 0.717) is 6.42 Å². The summed E-state index contributed by atoms with van der Waals surface area (Å²) in [5, 5.41) is 10.6. The van der Waals surface area contributed by atoms with Crippen LogP contribution in [0.15, 0.2) is 24.3 Å². The van der Waals surface area contributed by atoms with Crippen molar-refractivity contribution in [2.24, 2.45) is 5.41 Å². The second kappa shape index (κ2) is 5.57. The van der Waals surface area contributed by atoms with Gasteiger partial charge in [-0.1, -0.05) is 18.2 Å². The number of hydrogen-bond donors (Lipinski definition) is 2. The van der Waals surface area contributed by atoms with Gasteiger partial charge in [0.1, 0.15) is 6.04 Å². The van der Waals surface area contributed by atoms with Crippen molar-refractivity contribution in [3.05, 3.63) is 35.5 Å². The SMILES string of the molecule is CC(C)(CCl)C(=O)N1Cc2[nH]c3ccccc3c2CC1C(=O)O. The third-order valence-electron chi connectivity index (χ3n) is 4.46. The molecule has 23 heavy (non-hydrogen) atoms. The Kier molecular flexibility index (Phi) is 3.84. The Hall–Kier alpha value is -2.01. The van der Waals surface area contributed by atoms with Crippen LogP contribution >= 0.6 is 11.6 Å². The minimum absolute atomic E-state index is 0.147. The number of H-pyrrole nitrogens is 1. The van der Waals surface area contributed by atoms with Crippen LogP contribution in [0.2, 0.25) is 0 Å². The number of halogens is 1. The number of fused-ring (bicyclic) bond motifs is 3. The number of nitrogens with zero attached hydrogens (tertiary/aromatic N) is 1. The zero-order valence-electron chi connectivity index (χ0n) is 13.1. The van der Waals surface area contributed by atoms with Gasteiger partial charge in [-0.05, 0) is 25.5 Å². The van der Waals surface area contributed by atoms with E-state index in [2.05, 4.69) is 4.98 Å². The summed E-state index contributed by atoms with van der Waals surface area (Å²) in [5.74, 6) is -1.07. The first-order chi connectivity index (χ1) is 10.8. The molecular formula is C17H19ClN2O3. The van der Waals surface area contributed by atoms with Gasteiger partial charge in [0.25, 0.3) is 0 Å². The molecular weight excluding hydrogens is 316 g/mol.